The summed E-state index contributed by atoms with van der Waals surface area (Å²) < 4.78 is 0. The van der Waals surface area contributed by atoms with Crippen LogP contribution in [0.1, 0.15) is 33.6 Å². The van der Waals surface area contributed by atoms with Crippen molar-refractivity contribution in [1.29, 1.82) is 0 Å². The molecular formula is C10H19NO3. The summed E-state index contributed by atoms with van der Waals surface area (Å²) in [5.74, 6) is 0.334. The maximum Gasteiger partial charge on any atom is 0.407 e. The van der Waals surface area contributed by atoms with Crippen LogP contribution < -0.4 is 0 Å². The molecule has 1 aliphatic rings. The van der Waals surface area contributed by atoms with E-state index in [1.54, 1.807) is 0 Å². The molecule has 2 N–H and O–H groups in total. The average Bonchev–Trinajstić information content (AvgIpc) is 1.92. The van der Waals surface area contributed by atoms with Crippen LogP contribution in [0.2, 0.25) is 0 Å². The Morgan fingerprint density at radius 3 is 2.21 bits per heavy atom. The van der Waals surface area contributed by atoms with Crippen molar-refractivity contribution in [3.63, 3.8) is 0 Å². The molecule has 0 atom stereocenters. The number of aliphatic hydroxyl groups is 1. The van der Waals surface area contributed by atoms with Gasteiger partial charge < -0.3 is 15.1 Å². The van der Waals surface area contributed by atoms with Crippen LogP contribution in [0.4, 0.5) is 4.79 Å². The van der Waals surface area contributed by atoms with Crippen molar-refractivity contribution in [2.24, 2.45) is 5.92 Å². The first-order valence-corrected chi connectivity index (χ1v) is 4.99. The highest BCUT2D eigenvalue weighted by molar-refractivity contribution is 5.66. The summed E-state index contributed by atoms with van der Waals surface area (Å²) >= 11 is 0. The molecule has 14 heavy (non-hydrogen) atoms. The fraction of sp³-hybridized carbons (Fsp3) is 0.900. The Kier molecular flexibility index (Phi) is 3.04. The summed E-state index contributed by atoms with van der Waals surface area (Å²) in [6.07, 6.45) is 0.384. The van der Waals surface area contributed by atoms with Crippen LogP contribution in [-0.2, 0) is 0 Å². The molecule has 1 rings (SSSR count). The highest BCUT2D eigenvalue weighted by atomic mass is 16.4. The number of rotatable bonds is 2. The summed E-state index contributed by atoms with van der Waals surface area (Å²) in [7, 11) is 0. The monoisotopic (exact) mass is 201 g/mol. The van der Waals surface area contributed by atoms with E-state index in [0.29, 0.717) is 12.5 Å². The molecule has 0 aromatic rings. The van der Waals surface area contributed by atoms with Crippen LogP contribution >= 0.6 is 0 Å². The van der Waals surface area contributed by atoms with Crippen molar-refractivity contribution in [2.75, 3.05) is 6.54 Å². The second kappa shape index (κ2) is 3.77. The van der Waals surface area contributed by atoms with E-state index in [4.69, 9.17) is 10.2 Å². The average molecular weight is 201 g/mol. The predicted molar refractivity (Wildman–Crippen MR) is 53.2 cm³/mol. The van der Waals surface area contributed by atoms with Crippen molar-refractivity contribution in [1.82, 2.24) is 4.90 Å². The predicted octanol–water partition coefficient (Wildman–Crippen LogP) is 1.54. The molecule has 0 spiro atoms. The number of amides is 1. The molecular weight excluding hydrogens is 182 g/mol. The Morgan fingerprint density at radius 2 is 1.93 bits per heavy atom. The molecule has 0 bridgehead atoms. The number of nitrogens with zero attached hydrogens (tertiary/aromatic N) is 1. The van der Waals surface area contributed by atoms with Gasteiger partial charge in [0.1, 0.15) is 0 Å². The van der Waals surface area contributed by atoms with Crippen LogP contribution in [0.25, 0.3) is 0 Å². The number of carboxylic acid groups (broad SMARTS) is 1. The van der Waals surface area contributed by atoms with E-state index < -0.39 is 6.09 Å². The van der Waals surface area contributed by atoms with Gasteiger partial charge >= 0.3 is 6.09 Å². The number of hydrogen-bond acceptors (Lipinski definition) is 2. The Balaban J connectivity index is 2.49. The molecule has 0 saturated heterocycles. The molecule has 0 heterocycles. The number of aliphatic hydroxyl groups excluding tert-OH is 1. The minimum Gasteiger partial charge on any atom is -0.465 e. The van der Waals surface area contributed by atoms with E-state index in [1.165, 1.54) is 4.90 Å². The van der Waals surface area contributed by atoms with Crippen LogP contribution in [-0.4, -0.2) is 39.4 Å². The van der Waals surface area contributed by atoms with E-state index in [-0.39, 0.29) is 11.6 Å². The fourth-order valence-corrected chi connectivity index (χ4v) is 1.75. The standard InChI is InChI=1S/C10H19NO3/c1-10(2,3)11(9(13)14)6-7-4-8(12)5-7/h7-8,12H,4-6H2,1-3H3,(H,13,14)/t7-,8+. The maximum atomic E-state index is 11.0. The summed E-state index contributed by atoms with van der Waals surface area (Å²) in [4.78, 5) is 12.4. The topological polar surface area (TPSA) is 60.8 Å². The van der Waals surface area contributed by atoms with Gasteiger partial charge in [-0.2, -0.15) is 0 Å². The summed E-state index contributed by atoms with van der Waals surface area (Å²) in [5.41, 5.74) is -0.355. The van der Waals surface area contributed by atoms with Crippen molar-refractivity contribution in [3.05, 3.63) is 0 Å². The summed E-state index contributed by atoms with van der Waals surface area (Å²) in [5, 5.41) is 18.1. The molecule has 0 aromatic carbocycles. The fourth-order valence-electron chi connectivity index (χ4n) is 1.75. The Bertz CT molecular complexity index is 216. The van der Waals surface area contributed by atoms with Crippen LogP contribution in [0, 0.1) is 5.92 Å². The van der Waals surface area contributed by atoms with E-state index in [1.807, 2.05) is 20.8 Å². The zero-order valence-corrected chi connectivity index (χ0v) is 9.03. The molecule has 0 aliphatic heterocycles. The van der Waals surface area contributed by atoms with Crippen LogP contribution in [0.3, 0.4) is 0 Å². The SMILES string of the molecule is CC(C)(C)N(C[C@H]1C[C@@H](O)C1)C(=O)O. The zero-order valence-electron chi connectivity index (χ0n) is 9.03. The Hall–Kier alpha value is -0.770. The number of hydrogen-bond donors (Lipinski definition) is 2. The van der Waals surface area contributed by atoms with Crippen LogP contribution in [0.5, 0.6) is 0 Å². The minimum absolute atomic E-state index is 0.212. The molecule has 1 saturated carbocycles. The Morgan fingerprint density at radius 1 is 1.43 bits per heavy atom. The minimum atomic E-state index is -0.876. The second-order valence-corrected chi connectivity index (χ2v) is 5.06. The molecule has 82 valence electrons. The highest BCUT2D eigenvalue weighted by Crippen LogP contribution is 2.29. The van der Waals surface area contributed by atoms with E-state index >= 15 is 0 Å². The third-order valence-electron chi connectivity index (χ3n) is 2.69. The third-order valence-corrected chi connectivity index (χ3v) is 2.69. The first-order chi connectivity index (χ1) is 6.30. The molecule has 1 aliphatic carbocycles. The summed E-state index contributed by atoms with van der Waals surface area (Å²) in [6.45, 7) is 6.19. The van der Waals surface area contributed by atoms with Gasteiger partial charge in [0.15, 0.2) is 0 Å². The smallest absolute Gasteiger partial charge is 0.407 e. The quantitative estimate of drug-likeness (QED) is 0.712. The van der Waals surface area contributed by atoms with E-state index in [9.17, 15) is 4.79 Å². The van der Waals surface area contributed by atoms with Gasteiger partial charge in [0.25, 0.3) is 0 Å². The van der Waals surface area contributed by atoms with Gasteiger partial charge in [0.2, 0.25) is 0 Å². The molecule has 1 fully saturated rings. The molecule has 4 nitrogen and oxygen atoms in total. The van der Waals surface area contributed by atoms with Gasteiger partial charge in [-0.05, 0) is 39.5 Å². The molecule has 0 aromatic heterocycles. The van der Waals surface area contributed by atoms with E-state index in [0.717, 1.165) is 12.8 Å². The normalized spacial score (nSPS) is 26.9. The first kappa shape index (κ1) is 11.3. The highest BCUT2D eigenvalue weighted by Gasteiger charge is 2.34. The van der Waals surface area contributed by atoms with Crippen molar-refractivity contribution in [3.8, 4) is 0 Å². The zero-order chi connectivity index (χ0) is 10.9. The van der Waals surface area contributed by atoms with Crippen molar-refractivity contribution >= 4 is 6.09 Å². The Labute approximate surface area is 84.5 Å². The lowest BCUT2D eigenvalue weighted by Crippen LogP contribution is -2.49. The largest absolute Gasteiger partial charge is 0.465 e. The van der Waals surface area contributed by atoms with E-state index in [2.05, 4.69) is 0 Å². The van der Waals surface area contributed by atoms with Crippen molar-refractivity contribution in [2.45, 2.75) is 45.3 Å². The summed E-state index contributed by atoms with van der Waals surface area (Å²) in [6, 6.07) is 0. The van der Waals surface area contributed by atoms with Gasteiger partial charge in [-0.3, -0.25) is 0 Å². The second-order valence-electron chi connectivity index (χ2n) is 5.06. The molecule has 0 unspecified atom stereocenters. The maximum absolute atomic E-state index is 11.0. The van der Waals surface area contributed by atoms with Crippen LogP contribution in [0.15, 0.2) is 0 Å². The number of carbonyl (C=O) groups is 1. The van der Waals surface area contributed by atoms with Gasteiger partial charge in [-0.25, -0.2) is 4.79 Å². The lowest BCUT2D eigenvalue weighted by Gasteiger charge is -2.40. The van der Waals surface area contributed by atoms with Gasteiger partial charge in [0, 0.05) is 12.1 Å². The van der Waals surface area contributed by atoms with Crippen molar-refractivity contribution < 1.29 is 15.0 Å². The lowest BCUT2D eigenvalue weighted by molar-refractivity contribution is 0.00967. The molecule has 1 amide bonds. The molecule has 4 heteroatoms. The molecule has 0 radical (unpaired) electrons. The third kappa shape index (κ3) is 2.61. The first-order valence-electron chi connectivity index (χ1n) is 4.99. The van der Waals surface area contributed by atoms with Gasteiger partial charge in [0.05, 0.1) is 6.10 Å². The van der Waals surface area contributed by atoms with Gasteiger partial charge in [-0.1, -0.05) is 0 Å². The van der Waals surface area contributed by atoms with Gasteiger partial charge in [-0.15, -0.1) is 0 Å². The lowest BCUT2D eigenvalue weighted by atomic mass is 9.81.